The molecule has 2 N–H and O–H groups in total. The molecule has 1 saturated carbocycles. The zero-order valence-electron chi connectivity index (χ0n) is 8.70. The first-order chi connectivity index (χ1) is 6.74. The van der Waals surface area contributed by atoms with Gasteiger partial charge in [-0.1, -0.05) is 0 Å². The molecule has 1 aliphatic rings. The second kappa shape index (κ2) is 5.98. The summed E-state index contributed by atoms with van der Waals surface area (Å²) in [5.41, 5.74) is 5.83. The minimum atomic E-state index is -0.177. The first-order valence-corrected chi connectivity index (χ1v) is 5.18. The summed E-state index contributed by atoms with van der Waals surface area (Å²) in [5, 5.41) is 0. The van der Waals surface area contributed by atoms with Crippen molar-refractivity contribution >= 4 is 5.97 Å². The molecule has 0 aliphatic heterocycles. The molecule has 2 unspecified atom stereocenters. The van der Waals surface area contributed by atoms with Gasteiger partial charge in [0, 0.05) is 19.1 Å². The normalized spacial score (nSPS) is 26.4. The molecule has 1 rings (SSSR count). The van der Waals surface area contributed by atoms with Crippen LogP contribution < -0.4 is 5.73 Å². The van der Waals surface area contributed by atoms with E-state index in [9.17, 15) is 4.79 Å². The fourth-order valence-corrected chi connectivity index (χ4v) is 1.71. The van der Waals surface area contributed by atoms with E-state index >= 15 is 0 Å². The lowest BCUT2D eigenvalue weighted by atomic mass is 10.2. The maximum absolute atomic E-state index is 10.8. The molecule has 0 spiro atoms. The largest absolute Gasteiger partial charge is 0.469 e. The smallest absolute Gasteiger partial charge is 0.305 e. The monoisotopic (exact) mass is 201 g/mol. The Labute approximate surface area is 84.7 Å². The van der Waals surface area contributed by atoms with E-state index in [4.69, 9.17) is 10.5 Å². The Kier molecular flexibility index (Phi) is 4.90. The van der Waals surface area contributed by atoms with Crippen molar-refractivity contribution in [2.45, 2.75) is 44.2 Å². The van der Waals surface area contributed by atoms with E-state index in [1.165, 1.54) is 7.11 Å². The molecule has 0 radical (unpaired) electrons. The van der Waals surface area contributed by atoms with Crippen LogP contribution in [0.4, 0.5) is 0 Å². The number of nitrogens with two attached hydrogens (primary N) is 1. The van der Waals surface area contributed by atoms with Crippen molar-refractivity contribution in [3.63, 3.8) is 0 Å². The Bertz CT molecular complexity index is 184. The van der Waals surface area contributed by atoms with Gasteiger partial charge in [-0.25, -0.2) is 0 Å². The van der Waals surface area contributed by atoms with Gasteiger partial charge >= 0.3 is 5.97 Å². The van der Waals surface area contributed by atoms with Gasteiger partial charge in [-0.05, 0) is 25.7 Å². The van der Waals surface area contributed by atoms with Crippen LogP contribution in [0.2, 0.25) is 0 Å². The number of carbonyl (C=O) groups is 1. The SMILES string of the molecule is COC(=O)CCCOC1CCCC1N. The van der Waals surface area contributed by atoms with Crippen molar-refractivity contribution in [2.75, 3.05) is 13.7 Å². The van der Waals surface area contributed by atoms with Crippen LogP contribution in [-0.2, 0) is 14.3 Å². The van der Waals surface area contributed by atoms with Gasteiger partial charge in [0.05, 0.1) is 13.2 Å². The Morgan fingerprint density at radius 3 is 2.86 bits per heavy atom. The lowest BCUT2D eigenvalue weighted by Gasteiger charge is -2.15. The van der Waals surface area contributed by atoms with Crippen LogP contribution in [0.5, 0.6) is 0 Å². The summed E-state index contributed by atoms with van der Waals surface area (Å²) in [4.78, 5) is 10.8. The average molecular weight is 201 g/mol. The molecule has 4 heteroatoms. The quantitative estimate of drug-likeness (QED) is 0.529. The third-order valence-electron chi connectivity index (χ3n) is 2.59. The van der Waals surface area contributed by atoms with Crippen molar-refractivity contribution in [3.05, 3.63) is 0 Å². The first-order valence-electron chi connectivity index (χ1n) is 5.18. The van der Waals surface area contributed by atoms with Crippen molar-refractivity contribution in [3.8, 4) is 0 Å². The number of rotatable bonds is 5. The average Bonchev–Trinajstić information content (AvgIpc) is 2.58. The standard InChI is InChI=1S/C10H19NO3/c1-13-10(12)6-3-7-14-9-5-2-4-8(9)11/h8-9H,2-7,11H2,1H3. The van der Waals surface area contributed by atoms with E-state index in [0.29, 0.717) is 13.0 Å². The summed E-state index contributed by atoms with van der Waals surface area (Å²) < 4.78 is 10.1. The van der Waals surface area contributed by atoms with Crippen LogP contribution in [0.3, 0.4) is 0 Å². The molecule has 4 nitrogen and oxygen atoms in total. The van der Waals surface area contributed by atoms with Crippen molar-refractivity contribution < 1.29 is 14.3 Å². The number of carbonyl (C=O) groups excluding carboxylic acids is 1. The topological polar surface area (TPSA) is 61.5 Å². The van der Waals surface area contributed by atoms with Crippen LogP contribution in [-0.4, -0.2) is 31.8 Å². The van der Waals surface area contributed by atoms with E-state index < -0.39 is 0 Å². The summed E-state index contributed by atoms with van der Waals surface area (Å²) in [6, 6.07) is 0.188. The zero-order valence-corrected chi connectivity index (χ0v) is 8.70. The molecule has 0 aromatic carbocycles. The van der Waals surface area contributed by atoms with Gasteiger partial charge in [-0.3, -0.25) is 4.79 Å². The minimum absolute atomic E-state index is 0.177. The van der Waals surface area contributed by atoms with E-state index in [1.807, 2.05) is 0 Å². The van der Waals surface area contributed by atoms with Crippen LogP contribution in [0, 0.1) is 0 Å². The molecule has 14 heavy (non-hydrogen) atoms. The number of hydrogen-bond acceptors (Lipinski definition) is 4. The third kappa shape index (κ3) is 3.64. The number of esters is 1. The molecule has 2 atom stereocenters. The molecule has 0 heterocycles. The van der Waals surface area contributed by atoms with Crippen LogP contribution in [0.25, 0.3) is 0 Å². The predicted octanol–water partition coefficient (Wildman–Crippen LogP) is 0.836. The predicted molar refractivity (Wildman–Crippen MR) is 52.8 cm³/mol. The van der Waals surface area contributed by atoms with Gasteiger partial charge in [0.15, 0.2) is 0 Å². The van der Waals surface area contributed by atoms with Crippen LogP contribution >= 0.6 is 0 Å². The van der Waals surface area contributed by atoms with Gasteiger partial charge in [0.2, 0.25) is 0 Å². The molecule has 82 valence electrons. The molecule has 0 aromatic rings. The van der Waals surface area contributed by atoms with Gasteiger partial charge < -0.3 is 15.2 Å². The zero-order chi connectivity index (χ0) is 10.4. The van der Waals surface area contributed by atoms with E-state index in [2.05, 4.69) is 4.74 Å². The van der Waals surface area contributed by atoms with Gasteiger partial charge in [-0.15, -0.1) is 0 Å². The summed E-state index contributed by atoms with van der Waals surface area (Å²) >= 11 is 0. The molecule has 0 aromatic heterocycles. The summed E-state index contributed by atoms with van der Waals surface area (Å²) in [7, 11) is 1.40. The molecular weight excluding hydrogens is 182 g/mol. The summed E-state index contributed by atoms with van der Waals surface area (Å²) in [6.45, 7) is 0.605. The fraction of sp³-hybridized carbons (Fsp3) is 0.900. The molecule has 0 amide bonds. The van der Waals surface area contributed by atoms with Crippen molar-refractivity contribution in [1.82, 2.24) is 0 Å². The maximum atomic E-state index is 10.8. The second-order valence-electron chi connectivity index (χ2n) is 3.68. The third-order valence-corrected chi connectivity index (χ3v) is 2.59. The summed E-state index contributed by atoms with van der Waals surface area (Å²) in [6.07, 6.45) is 4.62. The second-order valence-corrected chi connectivity index (χ2v) is 3.68. The Morgan fingerprint density at radius 1 is 1.50 bits per heavy atom. The lowest BCUT2D eigenvalue weighted by Crippen LogP contribution is -2.31. The number of hydrogen-bond donors (Lipinski definition) is 1. The molecule has 0 saturated heterocycles. The van der Waals surface area contributed by atoms with E-state index in [1.54, 1.807) is 0 Å². The van der Waals surface area contributed by atoms with Gasteiger partial charge in [-0.2, -0.15) is 0 Å². The van der Waals surface area contributed by atoms with Crippen molar-refractivity contribution in [1.29, 1.82) is 0 Å². The highest BCUT2D eigenvalue weighted by molar-refractivity contribution is 5.68. The van der Waals surface area contributed by atoms with E-state index in [-0.39, 0.29) is 18.1 Å². The molecular formula is C10H19NO3. The lowest BCUT2D eigenvalue weighted by molar-refractivity contribution is -0.141. The Morgan fingerprint density at radius 2 is 2.29 bits per heavy atom. The molecule has 1 aliphatic carbocycles. The van der Waals surface area contributed by atoms with Crippen LogP contribution in [0.15, 0.2) is 0 Å². The Balaban J connectivity index is 2.01. The molecule has 0 bridgehead atoms. The Hall–Kier alpha value is -0.610. The number of ether oxygens (including phenoxy) is 2. The minimum Gasteiger partial charge on any atom is -0.469 e. The summed E-state index contributed by atoms with van der Waals surface area (Å²) in [5.74, 6) is -0.177. The maximum Gasteiger partial charge on any atom is 0.305 e. The van der Waals surface area contributed by atoms with Gasteiger partial charge in [0.1, 0.15) is 0 Å². The van der Waals surface area contributed by atoms with Crippen LogP contribution in [0.1, 0.15) is 32.1 Å². The fourth-order valence-electron chi connectivity index (χ4n) is 1.71. The first kappa shape index (κ1) is 11.5. The highest BCUT2D eigenvalue weighted by Gasteiger charge is 2.24. The number of methoxy groups -OCH3 is 1. The van der Waals surface area contributed by atoms with E-state index in [0.717, 1.165) is 25.7 Å². The molecule has 1 fully saturated rings. The van der Waals surface area contributed by atoms with Crippen molar-refractivity contribution in [2.24, 2.45) is 5.73 Å². The highest BCUT2D eigenvalue weighted by atomic mass is 16.5. The highest BCUT2D eigenvalue weighted by Crippen LogP contribution is 2.20. The van der Waals surface area contributed by atoms with Gasteiger partial charge in [0.25, 0.3) is 0 Å².